The van der Waals surface area contributed by atoms with Crippen LogP contribution in [0.3, 0.4) is 0 Å². The van der Waals surface area contributed by atoms with Crippen LogP contribution in [0.5, 0.6) is 5.75 Å². The molecule has 0 saturated heterocycles. The number of para-hydroxylation sites is 1. The number of rotatable bonds is 6. The highest BCUT2D eigenvalue weighted by Crippen LogP contribution is 2.28. The number of hydrogen-bond acceptors (Lipinski definition) is 3. The second kappa shape index (κ2) is 7.04. The van der Waals surface area contributed by atoms with Crippen molar-refractivity contribution >= 4 is 15.7 Å². The number of benzene rings is 2. The van der Waals surface area contributed by atoms with Crippen LogP contribution in [0.4, 0.5) is 5.69 Å². The molecule has 1 N–H and O–H groups in total. The lowest BCUT2D eigenvalue weighted by Crippen LogP contribution is -2.15. The van der Waals surface area contributed by atoms with Gasteiger partial charge in [-0.15, -0.1) is 0 Å². The van der Waals surface area contributed by atoms with Gasteiger partial charge in [0.25, 0.3) is 10.0 Å². The Labute approximate surface area is 138 Å². The molecule has 0 fully saturated rings. The lowest BCUT2D eigenvalue weighted by Gasteiger charge is -2.15. The van der Waals surface area contributed by atoms with Crippen molar-refractivity contribution in [2.24, 2.45) is 0 Å². The van der Waals surface area contributed by atoms with Gasteiger partial charge in [0.2, 0.25) is 0 Å². The molecular formula is C18H23NO3S. The molecule has 0 saturated carbocycles. The Kier molecular flexibility index (Phi) is 5.31. The van der Waals surface area contributed by atoms with Gasteiger partial charge in [0.15, 0.2) is 0 Å². The fraction of sp³-hybridized carbons (Fsp3) is 0.333. The largest absolute Gasteiger partial charge is 0.496 e. The van der Waals surface area contributed by atoms with Gasteiger partial charge in [-0.3, -0.25) is 4.72 Å². The average molecular weight is 333 g/mol. The van der Waals surface area contributed by atoms with Crippen LogP contribution in [-0.4, -0.2) is 15.5 Å². The Bertz CT molecular complexity index is 783. The SMILES string of the molecule is CCc1cc(S(=O)(=O)Nc2ccccc2C(C)C)ccc1OC. The van der Waals surface area contributed by atoms with E-state index in [2.05, 4.69) is 4.72 Å². The summed E-state index contributed by atoms with van der Waals surface area (Å²) in [7, 11) is -2.05. The molecule has 5 heteroatoms. The molecule has 23 heavy (non-hydrogen) atoms. The minimum atomic E-state index is -3.63. The van der Waals surface area contributed by atoms with Gasteiger partial charge in [-0.2, -0.15) is 0 Å². The van der Waals surface area contributed by atoms with Gasteiger partial charge in [-0.05, 0) is 47.7 Å². The molecule has 0 heterocycles. The molecule has 0 amide bonds. The number of hydrogen-bond donors (Lipinski definition) is 1. The zero-order valence-electron chi connectivity index (χ0n) is 14.0. The first-order valence-corrected chi connectivity index (χ1v) is 9.16. The molecule has 0 aliphatic heterocycles. The molecule has 0 radical (unpaired) electrons. The fourth-order valence-corrected chi connectivity index (χ4v) is 3.63. The maximum absolute atomic E-state index is 12.7. The number of sulfonamides is 1. The Morgan fingerprint density at radius 3 is 2.43 bits per heavy atom. The van der Waals surface area contributed by atoms with Gasteiger partial charge in [-0.1, -0.05) is 39.0 Å². The van der Waals surface area contributed by atoms with Crippen molar-refractivity contribution < 1.29 is 13.2 Å². The van der Waals surface area contributed by atoms with Crippen molar-refractivity contribution in [2.75, 3.05) is 11.8 Å². The topological polar surface area (TPSA) is 55.4 Å². The Hall–Kier alpha value is -2.01. The number of aryl methyl sites for hydroxylation is 1. The Morgan fingerprint density at radius 1 is 1.13 bits per heavy atom. The molecule has 0 aliphatic rings. The molecule has 2 aromatic carbocycles. The van der Waals surface area contributed by atoms with Crippen LogP contribution in [0.1, 0.15) is 37.8 Å². The predicted molar refractivity (Wildman–Crippen MR) is 93.7 cm³/mol. The standard InChI is InChI=1S/C18H23NO3S/c1-5-14-12-15(10-11-18(14)22-4)23(20,21)19-17-9-7-6-8-16(17)13(2)3/h6-13,19H,5H2,1-4H3. The lowest BCUT2D eigenvalue weighted by molar-refractivity contribution is 0.409. The van der Waals surface area contributed by atoms with Crippen molar-refractivity contribution in [1.29, 1.82) is 0 Å². The van der Waals surface area contributed by atoms with Gasteiger partial charge < -0.3 is 4.74 Å². The van der Waals surface area contributed by atoms with Crippen molar-refractivity contribution in [1.82, 2.24) is 0 Å². The molecule has 0 unspecified atom stereocenters. The van der Waals surface area contributed by atoms with Gasteiger partial charge in [0.1, 0.15) is 5.75 Å². The van der Waals surface area contributed by atoms with Crippen LogP contribution in [0.15, 0.2) is 47.4 Å². The Morgan fingerprint density at radius 2 is 1.83 bits per heavy atom. The van der Waals surface area contributed by atoms with Crippen molar-refractivity contribution in [3.8, 4) is 5.75 Å². The van der Waals surface area contributed by atoms with E-state index in [4.69, 9.17) is 4.74 Å². The Balaban J connectivity index is 2.40. The third-order valence-corrected chi connectivity index (χ3v) is 5.13. The third kappa shape index (κ3) is 3.85. The molecule has 124 valence electrons. The van der Waals surface area contributed by atoms with Crippen LogP contribution < -0.4 is 9.46 Å². The second-order valence-electron chi connectivity index (χ2n) is 5.67. The maximum atomic E-state index is 12.7. The van der Waals surface area contributed by atoms with Gasteiger partial charge >= 0.3 is 0 Å². The first-order chi connectivity index (χ1) is 10.9. The van der Waals surface area contributed by atoms with E-state index in [1.54, 1.807) is 31.4 Å². The van der Waals surface area contributed by atoms with Gasteiger partial charge in [-0.25, -0.2) is 8.42 Å². The van der Waals surface area contributed by atoms with Crippen molar-refractivity contribution in [3.05, 3.63) is 53.6 Å². The van der Waals surface area contributed by atoms with Gasteiger partial charge in [0, 0.05) is 0 Å². The van der Waals surface area contributed by atoms with Crippen LogP contribution in [-0.2, 0) is 16.4 Å². The summed E-state index contributed by atoms with van der Waals surface area (Å²) < 4.78 is 33.3. The molecular weight excluding hydrogens is 310 g/mol. The highest BCUT2D eigenvalue weighted by molar-refractivity contribution is 7.92. The number of anilines is 1. The van der Waals surface area contributed by atoms with Crippen LogP contribution in [0, 0.1) is 0 Å². The summed E-state index contributed by atoms with van der Waals surface area (Å²) >= 11 is 0. The van der Waals surface area contributed by atoms with E-state index in [1.165, 1.54) is 0 Å². The van der Waals surface area contributed by atoms with E-state index in [-0.39, 0.29) is 10.8 Å². The monoisotopic (exact) mass is 333 g/mol. The number of nitrogens with one attached hydrogen (secondary N) is 1. The second-order valence-corrected chi connectivity index (χ2v) is 7.36. The minimum absolute atomic E-state index is 0.232. The molecule has 2 rings (SSSR count). The molecule has 0 aromatic heterocycles. The summed E-state index contributed by atoms with van der Waals surface area (Å²) in [6.45, 7) is 6.04. The summed E-state index contributed by atoms with van der Waals surface area (Å²) in [4.78, 5) is 0.244. The van der Waals surface area contributed by atoms with Crippen LogP contribution in [0.2, 0.25) is 0 Å². The number of methoxy groups -OCH3 is 1. The van der Waals surface area contributed by atoms with E-state index in [0.717, 1.165) is 11.1 Å². The molecule has 0 atom stereocenters. The third-order valence-electron chi connectivity index (χ3n) is 3.77. The van der Waals surface area contributed by atoms with E-state index in [0.29, 0.717) is 17.9 Å². The van der Waals surface area contributed by atoms with Crippen molar-refractivity contribution in [2.45, 2.75) is 38.0 Å². The quantitative estimate of drug-likeness (QED) is 0.862. The van der Waals surface area contributed by atoms with E-state index in [9.17, 15) is 8.42 Å². The highest BCUT2D eigenvalue weighted by atomic mass is 32.2. The predicted octanol–water partition coefficient (Wildman–Crippen LogP) is 4.18. The molecule has 0 bridgehead atoms. The molecule has 0 spiro atoms. The summed E-state index contributed by atoms with van der Waals surface area (Å²) in [6.07, 6.45) is 0.703. The molecule has 4 nitrogen and oxygen atoms in total. The minimum Gasteiger partial charge on any atom is -0.496 e. The fourth-order valence-electron chi connectivity index (χ4n) is 2.50. The van der Waals surface area contributed by atoms with Crippen molar-refractivity contribution in [3.63, 3.8) is 0 Å². The molecule has 0 aliphatic carbocycles. The molecule has 2 aromatic rings. The average Bonchev–Trinajstić information content (AvgIpc) is 2.54. The summed E-state index contributed by atoms with van der Waals surface area (Å²) in [5.41, 5.74) is 2.46. The zero-order valence-corrected chi connectivity index (χ0v) is 14.8. The summed E-state index contributed by atoms with van der Waals surface area (Å²) in [5, 5.41) is 0. The van der Waals surface area contributed by atoms with E-state index < -0.39 is 10.0 Å². The van der Waals surface area contributed by atoms with E-state index in [1.807, 2.05) is 39.0 Å². The first kappa shape index (κ1) is 17.3. The zero-order chi connectivity index (χ0) is 17.0. The normalized spacial score (nSPS) is 11.5. The smallest absolute Gasteiger partial charge is 0.261 e. The highest BCUT2D eigenvalue weighted by Gasteiger charge is 2.18. The lowest BCUT2D eigenvalue weighted by atomic mass is 10.0. The summed E-state index contributed by atoms with van der Waals surface area (Å²) in [6, 6.07) is 12.4. The van der Waals surface area contributed by atoms with Crippen LogP contribution >= 0.6 is 0 Å². The van der Waals surface area contributed by atoms with Crippen LogP contribution in [0.25, 0.3) is 0 Å². The number of ether oxygens (including phenoxy) is 1. The maximum Gasteiger partial charge on any atom is 0.261 e. The van der Waals surface area contributed by atoms with Gasteiger partial charge in [0.05, 0.1) is 17.7 Å². The first-order valence-electron chi connectivity index (χ1n) is 7.67. The summed E-state index contributed by atoms with van der Waals surface area (Å²) in [5.74, 6) is 0.935. The van der Waals surface area contributed by atoms with E-state index >= 15 is 0 Å².